The Kier molecular flexibility index (Phi) is 7.26. The van der Waals surface area contributed by atoms with Crippen LogP contribution in [-0.2, 0) is 11.2 Å². The summed E-state index contributed by atoms with van der Waals surface area (Å²) in [6.45, 7) is 1.45. The number of nitrogens with zero attached hydrogens (tertiary/aromatic N) is 1. The van der Waals surface area contributed by atoms with Gasteiger partial charge >= 0.3 is 6.18 Å². The van der Waals surface area contributed by atoms with Gasteiger partial charge in [0.15, 0.2) is 0 Å². The molecule has 0 spiro atoms. The molecule has 0 saturated carbocycles. The van der Waals surface area contributed by atoms with Crippen LogP contribution in [0.5, 0.6) is 0 Å². The molecule has 0 aliphatic carbocycles. The normalized spacial score (nSPS) is 13.4. The summed E-state index contributed by atoms with van der Waals surface area (Å²) in [4.78, 5) is 3.88. The zero-order valence-electron chi connectivity index (χ0n) is 11.2. The number of aromatic nitrogens is 1. The quantitative estimate of drug-likeness (QED) is 0.800. The highest BCUT2D eigenvalue weighted by Gasteiger charge is 2.28. The number of nitrogens with one attached hydrogen (secondary N) is 1. The van der Waals surface area contributed by atoms with Gasteiger partial charge in [0.1, 0.15) is 6.61 Å². The average molecular weight is 311 g/mol. The third-order valence-electron chi connectivity index (χ3n) is 2.59. The van der Waals surface area contributed by atoms with E-state index in [0.29, 0.717) is 18.0 Å². The van der Waals surface area contributed by atoms with E-state index in [0.717, 1.165) is 12.0 Å². The highest BCUT2D eigenvalue weighted by molar-refractivity contribution is 6.31. The SMILES string of the molecule is CCCNC(COCC(F)(F)F)Cc1ccncc1Cl. The Morgan fingerprint density at radius 2 is 2.20 bits per heavy atom. The summed E-state index contributed by atoms with van der Waals surface area (Å²) in [6.07, 6.45) is 0.210. The largest absolute Gasteiger partial charge is 0.411 e. The number of halogens is 4. The predicted molar refractivity (Wildman–Crippen MR) is 71.9 cm³/mol. The van der Waals surface area contributed by atoms with Gasteiger partial charge in [0.05, 0.1) is 11.6 Å². The molecule has 1 N–H and O–H groups in total. The molecule has 0 fully saturated rings. The monoisotopic (exact) mass is 310 g/mol. The maximum Gasteiger partial charge on any atom is 0.411 e. The minimum Gasteiger partial charge on any atom is -0.370 e. The molecule has 1 rings (SSSR count). The molecular weight excluding hydrogens is 293 g/mol. The first-order chi connectivity index (χ1) is 9.42. The van der Waals surface area contributed by atoms with Crippen molar-refractivity contribution >= 4 is 11.6 Å². The van der Waals surface area contributed by atoms with Gasteiger partial charge in [0.25, 0.3) is 0 Å². The highest BCUT2D eigenvalue weighted by atomic mass is 35.5. The molecule has 0 radical (unpaired) electrons. The fraction of sp³-hybridized carbons (Fsp3) is 0.615. The molecule has 20 heavy (non-hydrogen) atoms. The molecule has 0 aromatic carbocycles. The second-order valence-electron chi connectivity index (χ2n) is 4.45. The van der Waals surface area contributed by atoms with Crippen LogP contribution < -0.4 is 5.32 Å². The number of ether oxygens (including phenoxy) is 1. The van der Waals surface area contributed by atoms with E-state index < -0.39 is 12.8 Å². The van der Waals surface area contributed by atoms with Crippen molar-refractivity contribution in [3.05, 3.63) is 29.0 Å². The molecule has 3 nitrogen and oxygen atoms in total. The van der Waals surface area contributed by atoms with Crippen LogP contribution in [0.2, 0.25) is 5.02 Å². The van der Waals surface area contributed by atoms with Crippen LogP contribution in [0, 0.1) is 0 Å². The molecule has 0 saturated heterocycles. The summed E-state index contributed by atoms with van der Waals surface area (Å²) in [6, 6.07) is 1.55. The van der Waals surface area contributed by atoms with E-state index in [1.54, 1.807) is 12.3 Å². The van der Waals surface area contributed by atoms with Gasteiger partial charge < -0.3 is 10.1 Å². The van der Waals surface area contributed by atoms with E-state index in [-0.39, 0.29) is 12.6 Å². The van der Waals surface area contributed by atoms with Crippen molar-refractivity contribution in [3.8, 4) is 0 Å². The summed E-state index contributed by atoms with van der Waals surface area (Å²) >= 11 is 6.00. The summed E-state index contributed by atoms with van der Waals surface area (Å²) < 4.78 is 40.9. The van der Waals surface area contributed by atoms with Crippen LogP contribution in [-0.4, -0.2) is 37.0 Å². The van der Waals surface area contributed by atoms with Crippen LogP contribution in [0.15, 0.2) is 18.5 Å². The topological polar surface area (TPSA) is 34.1 Å². The Balaban J connectivity index is 2.53. The zero-order valence-corrected chi connectivity index (χ0v) is 12.0. The standard InChI is InChI=1S/C13H18ClF3N2O/c1-2-4-19-11(8-20-9-13(15,16)17)6-10-3-5-18-7-12(10)14/h3,5,7,11,19H,2,4,6,8-9H2,1H3. The lowest BCUT2D eigenvalue weighted by molar-refractivity contribution is -0.175. The van der Waals surface area contributed by atoms with Gasteiger partial charge in [0.2, 0.25) is 0 Å². The van der Waals surface area contributed by atoms with Crippen LogP contribution in [0.4, 0.5) is 13.2 Å². The first kappa shape index (κ1) is 17.2. The first-order valence-corrected chi connectivity index (χ1v) is 6.76. The van der Waals surface area contributed by atoms with E-state index >= 15 is 0 Å². The predicted octanol–water partition coefficient (Wildman–Crippen LogP) is 3.22. The lowest BCUT2D eigenvalue weighted by atomic mass is 10.1. The second-order valence-corrected chi connectivity index (χ2v) is 4.86. The maximum absolute atomic E-state index is 12.1. The van der Waals surface area contributed by atoms with Crippen LogP contribution in [0.25, 0.3) is 0 Å². The molecule has 0 bridgehead atoms. The molecule has 114 valence electrons. The smallest absolute Gasteiger partial charge is 0.370 e. The van der Waals surface area contributed by atoms with Crippen molar-refractivity contribution in [1.82, 2.24) is 10.3 Å². The zero-order chi connectivity index (χ0) is 15.0. The lowest BCUT2D eigenvalue weighted by Crippen LogP contribution is -2.37. The van der Waals surface area contributed by atoms with Crippen molar-refractivity contribution in [2.45, 2.75) is 32.0 Å². The Morgan fingerprint density at radius 1 is 1.45 bits per heavy atom. The van der Waals surface area contributed by atoms with Crippen LogP contribution >= 0.6 is 11.6 Å². The molecule has 0 aliphatic rings. The van der Waals surface area contributed by atoms with E-state index in [4.69, 9.17) is 16.3 Å². The van der Waals surface area contributed by atoms with Crippen LogP contribution in [0.3, 0.4) is 0 Å². The Hall–Kier alpha value is -0.850. The molecule has 1 aromatic heterocycles. The fourth-order valence-electron chi connectivity index (χ4n) is 1.69. The third-order valence-corrected chi connectivity index (χ3v) is 2.93. The Labute approximate surface area is 121 Å². The van der Waals surface area contributed by atoms with Gasteiger partial charge in [-0.25, -0.2) is 0 Å². The molecule has 0 amide bonds. The minimum absolute atomic E-state index is 0.0157. The maximum atomic E-state index is 12.1. The van der Waals surface area contributed by atoms with Crippen molar-refractivity contribution < 1.29 is 17.9 Å². The first-order valence-electron chi connectivity index (χ1n) is 6.38. The van der Waals surface area contributed by atoms with Crippen molar-refractivity contribution in [3.63, 3.8) is 0 Å². The van der Waals surface area contributed by atoms with Gasteiger partial charge in [-0.1, -0.05) is 18.5 Å². The van der Waals surface area contributed by atoms with E-state index in [1.165, 1.54) is 6.20 Å². The van der Waals surface area contributed by atoms with Crippen molar-refractivity contribution in [1.29, 1.82) is 0 Å². The van der Waals surface area contributed by atoms with E-state index in [1.807, 2.05) is 6.92 Å². The summed E-state index contributed by atoms with van der Waals surface area (Å²) in [7, 11) is 0. The Morgan fingerprint density at radius 3 is 2.80 bits per heavy atom. The second kappa shape index (κ2) is 8.44. The summed E-state index contributed by atoms with van der Waals surface area (Å²) in [5.41, 5.74) is 0.839. The van der Waals surface area contributed by atoms with Gasteiger partial charge in [-0.2, -0.15) is 13.2 Å². The van der Waals surface area contributed by atoms with E-state index in [2.05, 4.69) is 10.3 Å². The number of alkyl halides is 3. The number of pyridine rings is 1. The molecule has 7 heteroatoms. The average Bonchev–Trinajstić information content (AvgIpc) is 2.36. The molecular formula is C13H18ClF3N2O. The summed E-state index contributed by atoms with van der Waals surface area (Å²) in [5.74, 6) is 0. The molecule has 1 heterocycles. The molecule has 0 aliphatic heterocycles. The third kappa shape index (κ3) is 7.07. The van der Waals surface area contributed by atoms with E-state index in [9.17, 15) is 13.2 Å². The van der Waals surface area contributed by atoms with Crippen molar-refractivity contribution in [2.75, 3.05) is 19.8 Å². The molecule has 1 unspecified atom stereocenters. The minimum atomic E-state index is -4.30. The number of hydrogen-bond donors (Lipinski definition) is 1. The Bertz CT molecular complexity index is 401. The number of hydrogen-bond acceptors (Lipinski definition) is 3. The fourth-order valence-corrected chi connectivity index (χ4v) is 1.89. The van der Waals surface area contributed by atoms with Crippen LogP contribution in [0.1, 0.15) is 18.9 Å². The van der Waals surface area contributed by atoms with Gasteiger partial charge in [-0.05, 0) is 31.0 Å². The number of rotatable bonds is 8. The van der Waals surface area contributed by atoms with Gasteiger partial charge in [-0.15, -0.1) is 0 Å². The van der Waals surface area contributed by atoms with Gasteiger partial charge in [0, 0.05) is 18.4 Å². The summed E-state index contributed by atoms with van der Waals surface area (Å²) in [5, 5.41) is 3.67. The van der Waals surface area contributed by atoms with Crippen molar-refractivity contribution in [2.24, 2.45) is 0 Å². The molecule has 1 atom stereocenters. The van der Waals surface area contributed by atoms with Gasteiger partial charge in [-0.3, -0.25) is 4.98 Å². The lowest BCUT2D eigenvalue weighted by Gasteiger charge is -2.19. The highest BCUT2D eigenvalue weighted by Crippen LogP contribution is 2.17. The molecule has 1 aromatic rings.